The van der Waals surface area contributed by atoms with Gasteiger partial charge in [0.25, 0.3) is 0 Å². The quantitative estimate of drug-likeness (QED) is 0.855. The van der Waals surface area contributed by atoms with Gasteiger partial charge < -0.3 is 15.5 Å². The third-order valence-electron chi connectivity index (χ3n) is 3.10. The van der Waals surface area contributed by atoms with E-state index in [0.29, 0.717) is 5.95 Å². The second-order valence-electron chi connectivity index (χ2n) is 5.39. The predicted molar refractivity (Wildman–Crippen MR) is 88.3 cm³/mol. The molecule has 0 unspecified atom stereocenters. The minimum Gasteiger partial charge on any atom is -0.353 e. The zero-order valence-corrected chi connectivity index (χ0v) is 13.1. The van der Waals surface area contributed by atoms with Gasteiger partial charge in [-0.05, 0) is 39.6 Å². The number of aryl methyl sites for hydroxylation is 2. The van der Waals surface area contributed by atoms with Crippen molar-refractivity contribution in [3.8, 4) is 0 Å². The van der Waals surface area contributed by atoms with Crippen LogP contribution in [0.4, 0.5) is 17.5 Å². The smallest absolute Gasteiger partial charge is 0.224 e. The number of nitrogens with one attached hydrogen (secondary N) is 2. The van der Waals surface area contributed by atoms with Gasteiger partial charge in [-0.1, -0.05) is 18.2 Å². The molecule has 21 heavy (non-hydrogen) atoms. The van der Waals surface area contributed by atoms with E-state index >= 15 is 0 Å². The van der Waals surface area contributed by atoms with Gasteiger partial charge >= 0.3 is 0 Å². The van der Waals surface area contributed by atoms with E-state index in [-0.39, 0.29) is 0 Å². The molecule has 0 amide bonds. The minimum atomic E-state index is 0.660. The molecule has 2 rings (SSSR count). The van der Waals surface area contributed by atoms with Crippen molar-refractivity contribution in [3.63, 3.8) is 0 Å². The lowest BCUT2D eigenvalue weighted by Crippen LogP contribution is -2.21. The number of rotatable bonds is 6. The lowest BCUT2D eigenvalue weighted by Gasteiger charge is -2.13. The monoisotopic (exact) mass is 285 g/mol. The highest BCUT2D eigenvalue weighted by Crippen LogP contribution is 2.19. The van der Waals surface area contributed by atoms with Crippen molar-refractivity contribution in [2.45, 2.75) is 13.8 Å². The Hall–Kier alpha value is -2.14. The van der Waals surface area contributed by atoms with Gasteiger partial charge in [-0.3, -0.25) is 0 Å². The maximum atomic E-state index is 4.51. The minimum absolute atomic E-state index is 0.660. The van der Waals surface area contributed by atoms with Crippen LogP contribution in [-0.4, -0.2) is 42.1 Å². The first-order valence-corrected chi connectivity index (χ1v) is 7.11. The molecular weight excluding hydrogens is 262 g/mol. The van der Waals surface area contributed by atoms with E-state index in [4.69, 9.17) is 0 Å². The Morgan fingerprint density at radius 1 is 1.10 bits per heavy atom. The van der Waals surface area contributed by atoms with Crippen LogP contribution < -0.4 is 10.6 Å². The van der Waals surface area contributed by atoms with Crippen molar-refractivity contribution >= 4 is 17.5 Å². The third kappa shape index (κ3) is 4.72. The second-order valence-corrected chi connectivity index (χ2v) is 5.39. The predicted octanol–water partition coefficient (Wildman–Crippen LogP) is 2.81. The van der Waals surface area contributed by atoms with Crippen molar-refractivity contribution in [2.75, 3.05) is 37.8 Å². The Labute approximate surface area is 126 Å². The summed E-state index contributed by atoms with van der Waals surface area (Å²) in [6.45, 7) is 5.81. The number of nitrogens with zero attached hydrogens (tertiary/aromatic N) is 3. The van der Waals surface area contributed by atoms with Crippen LogP contribution in [0.5, 0.6) is 0 Å². The zero-order chi connectivity index (χ0) is 15.2. The molecule has 0 aliphatic heterocycles. The lowest BCUT2D eigenvalue weighted by molar-refractivity contribution is 0.425. The average Bonchev–Trinajstić information content (AvgIpc) is 2.40. The molecule has 1 heterocycles. The van der Waals surface area contributed by atoms with E-state index < -0.39 is 0 Å². The first-order chi connectivity index (χ1) is 10.0. The molecule has 0 saturated heterocycles. The van der Waals surface area contributed by atoms with Gasteiger partial charge in [-0.25, -0.2) is 4.98 Å². The normalized spacial score (nSPS) is 10.7. The maximum Gasteiger partial charge on any atom is 0.224 e. The first-order valence-electron chi connectivity index (χ1n) is 7.11. The molecule has 112 valence electrons. The van der Waals surface area contributed by atoms with Crippen molar-refractivity contribution < 1.29 is 0 Å². The fraction of sp³-hybridized carbons (Fsp3) is 0.375. The summed E-state index contributed by atoms with van der Waals surface area (Å²) in [5, 5.41) is 6.60. The summed E-state index contributed by atoms with van der Waals surface area (Å²) in [5.41, 5.74) is 3.19. The van der Waals surface area contributed by atoms with Crippen molar-refractivity contribution in [3.05, 3.63) is 41.6 Å². The van der Waals surface area contributed by atoms with Crippen LogP contribution in [0.3, 0.4) is 0 Å². The van der Waals surface area contributed by atoms with Crippen molar-refractivity contribution in [2.24, 2.45) is 0 Å². The Morgan fingerprint density at radius 2 is 1.86 bits per heavy atom. The molecule has 0 radical (unpaired) electrons. The van der Waals surface area contributed by atoms with Gasteiger partial charge in [-0.2, -0.15) is 4.98 Å². The SMILES string of the molecule is Cc1cc(Nc2ccccc2C)nc(NCCN(C)C)n1. The summed E-state index contributed by atoms with van der Waals surface area (Å²) >= 11 is 0. The van der Waals surface area contributed by atoms with Gasteiger partial charge in [-0.15, -0.1) is 0 Å². The number of para-hydroxylation sites is 1. The Kier molecular flexibility index (Phi) is 5.11. The van der Waals surface area contributed by atoms with E-state index in [1.807, 2.05) is 45.3 Å². The number of hydrogen-bond donors (Lipinski definition) is 2. The highest BCUT2D eigenvalue weighted by molar-refractivity contribution is 5.61. The van der Waals surface area contributed by atoms with E-state index in [1.54, 1.807) is 0 Å². The summed E-state index contributed by atoms with van der Waals surface area (Å²) in [6, 6.07) is 10.1. The summed E-state index contributed by atoms with van der Waals surface area (Å²) in [5.74, 6) is 1.47. The number of benzene rings is 1. The van der Waals surface area contributed by atoms with Crippen LogP contribution in [0.25, 0.3) is 0 Å². The van der Waals surface area contributed by atoms with Crippen LogP contribution in [0, 0.1) is 13.8 Å². The van der Waals surface area contributed by atoms with Crippen LogP contribution >= 0.6 is 0 Å². The fourth-order valence-electron chi connectivity index (χ4n) is 1.95. The van der Waals surface area contributed by atoms with Crippen LogP contribution in [0.2, 0.25) is 0 Å². The molecular formula is C16H23N5. The Morgan fingerprint density at radius 3 is 2.57 bits per heavy atom. The largest absolute Gasteiger partial charge is 0.353 e. The van der Waals surface area contributed by atoms with E-state index in [2.05, 4.69) is 38.5 Å². The summed E-state index contributed by atoms with van der Waals surface area (Å²) in [6.07, 6.45) is 0. The van der Waals surface area contributed by atoms with E-state index in [9.17, 15) is 0 Å². The molecule has 0 spiro atoms. The van der Waals surface area contributed by atoms with Crippen molar-refractivity contribution in [1.82, 2.24) is 14.9 Å². The molecule has 2 N–H and O–H groups in total. The van der Waals surface area contributed by atoms with Gasteiger partial charge in [0.15, 0.2) is 0 Å². The van der Waals surface area contributed by atoms with E-state index in [0.717, 1.165) is 30.3 Å². The number of aromatic nitrogens is 2. The third-order valence-corrected chi connectivity index (χ3v) is 3.10. The molecule has 0 bridgehead atoms. The molecule has 0 aliphatic carbocycles. The highest BCUT2D eigenvalue weighted by Gasteiger charge is 2.04. The first kappa shape index (κ1) is 15.3. The highest BCUT2D eigenvalue weighted by atomic mass is 15.2. The van der Waals surface area contributed by atoms with Crippen LogP contribution in [0.1, 0.15) is 11.3 Å². The number of anilines is 3. The molecule has 5 nitrogen and oxygen atoms in total. The zero-order valence-electron chi connectivity index (χ0n) is 13.1. The fourth-order valence-corrected chi connectivity index (χ4v) is 1.95. The number of likely N-dealkylation sites (N-methyl/N-ethyl adjacent to an activating group) is 1. The Balaban J connectivity index is 2.10. The van der Waals surface area contributed by atoms with Gasteiger partial charge in [0.2, 0.25) is 5.95 Å². The molecule has 0 aliphatic rings. The Bertz CT molecular complexity index is 595. The molecule has 2 aromatic rings. The average molecular weight is 285 g/mol. The molecule has 1 aromatic carbocycles. The molecule has 5 heteroatoms. The van der Waals surface area contributed by atoms with Gasteiger partial charge in [0, 0.05) is 30.5 Å². The van der Waals surface area contributed by atoms with Crippen LogP contribution in [-0.2, 0) is 0 Å². The van der Waals surface area contributed by atoms with Crippen molar-refractivity contribution in [1.29, 1.82) is 0 Å². The lowest BCUT2D eigenvalue weighted by atomic mass is 10.2. The summed E-state index contributed by atoms with van der Waals surface area (Å²) in [4.78, 5) is 11.0. The molecule has 0 atom stereocenters. The summed E-state index contributed by atoms with van der Waals surface area (Å²) < 4.78 is 0. The molecule has 1 aromatic heterocycles. The summed E-state index contributed by atoms with van der Waals surface area (Å²) in [7, 11) is 4.09. The van der Waals surface area contributed by atoms with E-state index in [1.165, 1.54) is 5.56 Å². The van der Waals surface area contributed by atoms with Crippen LogP contribution in [0.15, 0.2) is 30.3 Å². The molecule has 0 saturated carbocycles. The second kappa shape index (κ2) is 7.04. The maximum absolute atomic E-state index is 4.51. The van der Waals surface area contributed by atoms with Gasteiger partial charge in [0.05, 0.1) is 0 Å². The standard InChI is InChI=1S/C16H23N5/c1-12-7-5-6-8-14(12)19-15-11-13(2)18-16(20-15)17-9-10-21(3)4/h5-8,11H,9-10H2,1-4H3,(H2,17,18,19,20). The van der Waals surface area contributed by atoms with Gasteiger partial charge in [0.1, 0.15) is 5.82 Å². The molecule has 0 fully saturated rings. The topological polar surface area (TPSA) is 53.1 Å². The number of hydrogen-bond acceptors (Lipinski definition) is 5.